The zero-order valence-electron chi connectivity index (χ0n) is 20.2. The van der Waals surface area contributed by atoms with Crippen LogP contribution in [0.15, 0.2) is 66.7 Å². The largest absolute Gasteiger partial charge is 0.489 e. The summed E-state index contributed by atoms with van der Waals surface area (Å²) in [6.45, 7) is -1.35. The lowest BCUT2D eigenvalue weighted by molar-refractivity contribution is -0.253. The van der Waals surface area contributed by atoms with Crippen LogP contribution in [0.5, 0.6) is 11.5 Å². The SMILES string of the molecule is O[C@H](CNc1cccc(OCc2cccc(C(F)(F)F)c2)c1Cc1cccc(OC(F)(F)C(F)F)c1)C(F)(F)F. The van der Waals surface area contributed by atoms with Gasteiger partial charge in [-0.3, -0.25) is 0 Å². The molecular formula is C26H21F10NO3. The molecule has 0 spiro atoms. The number of anilines is 1. The maximum atomic E-state index is 13.4. The molecule has 0 aliphatic rings. The highest BCUT2D eigenvalue weighted by Crippen LogP contribution is 2.34. The Bertz CT molecular complexity index is 1280. The lowest BCUT2D eigenvalue weighted by Gasteiger charge is -2.21. The van der Waals surface area contributed by atoms with E-state index in [-0.39, 0.29) is 41.2 Å². The highest BCUT2D eigenvalue weighted by molar-refractivity contribution is 5.59. The molecule has 0 saturated heterocycles. The lowest BCUT2D eigenvalue weighted by Crippen LogP contribution is -2.35. The minimum absolute atomic E-state index is 0.00754. The number of benzene rings is 3. The summed E-state index contributed by atoms with van der Waals surface area (Å²) in [7, 11) is 0. The van der Waals surface area contributed by atoms with Crippen molar-refractivity contribution in [3.05, 3.63) is 89.0 Å². The van der Waals surface area contributed by atoms with Gasteiger partial charge in [-0.2, -0.15) is 43.9 Å². The van der Waals surface area contributed by atoms with E-state index in [1.54, 1.807) is 0 Å². The molecule has 40 heavy (non-hydrogen) atoms. The van der Waals surface area contributed by atoms with Gasteiger partial charge >= 0.3 is 24.9 Å². The second kappa shape index (κ2) is 12.2. The van der Waals surface area contributed by atoms with Crippen molar-refractivity contribution in [2.45, 2.75) is 44.0 Å². The summed E-state index contributed by atoms with van der Waals surface area (Å²) in [4.78, 5) is 0. The maximum absolute atomic E-state index is 13.4. The number of alkyl halides is 10. The maximum Gasteiger partial charge on any atom is 0.461 e. The number of hydrogen-bond acceptors (Lipinski definition) is 4. The van der Waals surface area contributed by atoms with Gasteiger partial charge in [0.2, 0.25) is 0 Å². The molecule has 0 saturated carbocycles. The Morgan fingerprint density at radius 1 is 0.800 bits per heavy atom. The smallest absolute Gasteiger partial charge is 0.461 e. The normalized spacial score (nSPS) is 13.3. The van der Waals surface area contributed by atoms with Crippen LogP contribution in [0.3, 0.4) is 0 Å². The Hall–Kier alpha value is -3.68. The summed E-state index contributed by atoms with van der Waals surface area (Å²) in [5, 5.41) is 11.8. The molecule has 0 unspecified atom stereocenters. The van der Waals surface area contributed by atoms with Crippen LogP contribution in [0.25, 0.3) is 0 Å². The van der Waals surface area contributed by atoms with Crippen molar-refractivity contribution in [2.75, 3.05) is 11.9 Å². The lowest BCUT2D eigenvalue weighted by atomic mass is 10.0. The molecular weight excluding hydrogens is 564 g/mol. The van der Waals surface area contributed by atoms with Crippen molar-refractivity contribution in [1.82, 2.24) is 0 Å². The number of ether oxygens (including phenoxy) is 2. The van der Waals surface area contributed by atoms with Crippen LogP contribution >= 0.6 is 0 Å². The standard InChI is InChI=1S/C26H21F10NO3/c27-23(28)26(35,36)40-18-7-2-4-15(11-18)12-19-20(37-13-22(38)25(32,33)34)8-3-9-21(19)39-14-16-5-1-6-17(10-16)24(29,30)31/h1-11,22-23,37-38H,12-14H2/t22-/m1/s1. The predicted molar refractivity (Wildman–Crippen MR) is 124 cm³/mol. The third-order valence-corrected chi connectivity index (χ3v) is 5.43. The molecule has 4 nitrogen and oxygen atoms in total. The summed E-state index contributed by atoms with van der Waals surface area (Å²) in [5.41, 5.74) is -0.452. The molecule has 2 N–H and O–H groups in total. The zero-order valence-corrected chi connectivity index (χ0v) is 20.2. The third kappa shape index (κ3) is 8.41. The number of rotatable bonds is 11. The second-order valence-electron chi connectivity index (χ2n) is 8.50. The number of nitrogens with one attached hydrogen (secondary N) is 1. The predicted octanol–water partition coefficient (Wildman–Crippen LogP) is 7.45. The van der Waals surface area contributed by atoms with E-state index in [2.05, 4.69) is 10.1 Å². The van der Waals surface area contributed by atoms with Crippen LogP contribution in [-0.4, -0.2) is 36.5 Å². The Balaban J connectivity index is 1.92. The summed E-state index contributed by atoms with van der Waals surface area (Å²) in [6.07, 6.45) is -21.4. The average molecular weight is 585 g/mol. The fourth-order valence-electron chi connectivity index (χ4n) is 3.49. The van der Waals surface area contributed by atoms with Gasteiger partial charge in [-0.25, -0.2) is 0 Å². The minimum Gasteiger partial charge on any atom is -0.489 e. The minimum atomic E-state index is -4.94. The molecule has 14 heteroatoms. The van der Waals surface area contributed by atoms with E-state index in [0.29, 0.717) is 0 Å². The van der Waals surface area contributed by atoms with Gasteiger partial charge in [0.25, 0.3) is 0 Å². The van der Waals surface area contributed by atoms with Crippen LogP contribution in [0, 0.1) is 0 Å². The number of halogens is 10. The molecule has 0 amide bonds. The summed E-state index contributed by atoms with van der Waals surface area (Å²) in [5.74, 6) is -0.611. The quantitative estimate of drug-likeness (QED) is 0.230. The second-order valence-corrected chi connectivity index (χ2v) is 8.50. The fraction of sp³-hybridized carbons (Fsp3) is 0.308. The first kappa shape index (κ1) is 30.9. The van der Waals surface area contributed by atoms with E-state index in [4.69, 9.17) is 4.74 Å². The first-order valence-corrected chi connectivity index (χ1v) is 11.4. The molecule has 0 fully saturated rings. The van der Waals surface area contributed by atoms with Crippen molar-refractivity contribution in [3.8, 4) is 11.5 Å². The molecule has 0 aliphatic heterocycles. The molecule has 3 aromatic carbocycles. The van der Waals surface area contributed by atoms with Crippen LogP contribution in [0.1, 0.15) is 22.3 Å². The van der Waals surface area contributed by atoms with E-state index >= 15 is 0 Å². The van der Waals surface area contributed by atoms with E-state index in [0.717, 1.165) is 24.3 Å². The molecule has 0 heterocycles. The molecule has 0 aliphatic carbocycles. The number of aliphatic hydroxyl groups is 1. The molecule has 3 rings (SSSR count). The Kier molecular flexibility index (Phi) is 9.44. The van der Waals surface area contributed by atoms with Gasteiger partial charge in [0, 0.05) is 24.2 Å². The average Bonchev–Trinajstić information content (AvgIpc) is 2.86. The van der Waals surface area contributed by atoms with E-state index < -0.39 is 48.8 Å². The van der Waals surface area contributed by atoms with Crippen molar-refractivity contribution in [3.63, 3.8) is 0 Å². The zero-order chi connectivity index (χ0) is 29.7. The van der Waals surface area contributed by atoms with Gasteiger partial charge < -0.3 is 19.9 Å². The van der Waals surface area contributed by atoms with Crippen molar-refractivity contribution >= 4 is 5.69 Å². The highest BCUT2D eigenvalue weighted by Gasteiger charge is 2.44. The molecule has 0 aromatic heterocycles. The van der Waals surface area contributed by atoms with E-state index in [1.165, 1.54) is 42.5 Å². The van der Waals surface area contributed by atoms with Crippen LogP contribution in [0.2, 0.25) is 0 Å². The van der Waals surface area contributed by atoms with Crippen LogP contribution in [-0.2, 0) is 19.2 Å². The molecule has 0 radical (unpaired) electrons. The Morgan fingerprint density at radius 3 is 2.10 bits per heavy atom. The van der Waals surface area contributed by atoms with Gasteiger partial charge in [-0.1, -0.05) is 30.3 Å². The molecule has 3 aromatic rings. The summed E-state index contributed by atoms with van der Waals surface area (Å²) in [6, 6.07) is 12.9. The van der Waals surface area contributed by atoms with E-state index in [9.17, 15) is 49.0 Å². The van der Waals surface area contributed by atoms with Gasteiger partial charge in [0.15, 0.2) is 6.10 Å². The van der Waals surface area contributed by atoms with Gasteiger partial charge in [-0.05, 0) is 47.5 Å². The van der Waals surface area contributed by atoms with Gasteiger partial charge in [0.1, 0.15) is 18.1 Å². The Morgan fingerprint density at radius 2 is 1.45 bits per heavy atom. The van der Waals surface area contributed by atoms with Gasteiger partial charge in [-0.15, -0.1) is 0 Å². The van der Waals surface area contributed by atoms with Crippen molar-refractivity contribution in [1.29, 1.82) is 0 Å². The number of aliphatic hydroxyl groups excluding tert-OH is 1. The summed E-state index contributed by atoms with van der Waals surface area (Å²) < 4.78 is 139. The first-order chi connectivity index (χ1) is 18.6. The molecule has 0 bridgehead atoms. The third-order valence-electron chi connectivity index (χ3n) is 5.43. The monoisotopic (exact) mass is 585 g/mol. The number of hydrogen-bond donors (Lipinski definition) is 2. The van der Waals surface area contributed by atoms with Crippen LogP contribution in [0.4, 0.5) is 49.6 Å². The van der Waals surface area contributed by atoms with E-state index in [1.807, 2.05) is 0 Å². The fourth-order valence-corrected chi connectivity index (χ4v) is 3.49. The van der Waals surface area contributed by atoms with Crippen molar-refractivity contribution < 1.29 is 58.5 Å². The highest BCUT2D eigenvalue weighted by atomic mass is 19.4. The summed E-state index contributed by atoms with van der Waals surface area (Å²) >= 11 is 0. The van der Waals surface area contributed by atoms with Crippen LogP contribution < -0.4 is 14.8 Å². The Labute approximate surface area is 221 Å². The molecule has 1 atom stereocenters. The topological polar surface area (TPSA) is 50.7 Å². The first-order valence-electron chi connectivity index (χ1n) is 11.4. The molecule has 218 valence electrons. The van der Waals surface area contributed by atoms with Crippen molar-refractivity contribution in [2.24, 2.45) is 0 Å². The van der Waals surface area contributed by atoms with Gasteiger partial charge in [0.05, 0.1) is 5.56 Å².